The quantitative estimate of drug-likeness (QED) is 0.803. The van der Waals surface area contributed by atoms with Crippen LogP contribution in [0.3, 0.4) is 0 Å². The molecule has 2 N–H and O–H groups in total. The number of nitrogens with one attached hydrogen (secondary N) is 1. The van der Waals surface area contributed by atoms with Crippen LogP contribution in [0.25, 0.3) is 0 Å². The molecule has 0 radical (unpaired) electrons. The number of aromatic nitrogens is 2. The highest BCUT2D eigenvalue weighted by atomic mass is 127. The van der Waals surface area contributed by atoms with Crippen LogP contribution in [0.5, 0.6) is 5.88 Å². The number of aromatic amines is 1. The number of ether oxygens (including phenoxy) is 1. The van der Waals surface area contributed by atoms with Gasteiger partial charge in [0, 0.05) is 0 Å². The smallest absolute Gasteiger partial charge is 0.411 e. The fraction of sp³-hybridized carbons (Fsp3) is 0.429. The molecule has 0 saturated carbocycles. The Morgan fingerprint density at radius 3 is 2.62 bits per heavy atom. The Morgan fingerprint density at radius 1 is 1.50 bits per heavy atom. The summed E-state index contributed by atoms with van der Waals surface area (Å²) in [5, 5.41) is 9.12. The van der Waals surface area contributed by atoms with Gasteiger partial charge in [-0.15, -0.1) is 0 Å². The second kappa shape index (κ2) is 4.99. The molecule has 1 rings (SSSR count). The van der Waals surface area contributed by atoms with E-state index in [1.807, 2.05) is 0 Å². The fourth-order valence-electron chi connectivity index (χ4n) is 0.824. The molecule has 16 heavy (non-hydrogen) atoms. The van der Waals surface area contributed by atoms with Gasteiger partial charge in [-0.2, -0.15) is 18.2 Å². The minimum absolute atomic E-state index is 0.0304. The van der Waals surface area contributed by atoms with E-state index in [-0.39, 0.29) is 9.39 Å². The van der Waals surface area contributed by atoms with Gasteiger partial charge in [0.05, 0.1) is 0 Å². The first kappa shape index (κ1) is 13.2. The van der Waals surface area contributed by atoms with Crippen molar-refractivity contribution in [3.05, 3.63) is 19.7 Å². The SMILES string of the molecule is O=c1[nH]c(COCC(F)(F)F)nc(O)c1I. The normalized spacial score (nSPS) is 11.8. The Kier molecular flexibility index (Phi) is 4.13. The van der Waals surface area contributed by atoms with Crippen molar-refractivity contribution in [2.24, 2.45) is 0 Å². The van der Waals surface area contributed by atoms with Crippen LogP contribution in [0.4, 0.5) is 13.2 Å². The summed E-state index contributed by atoms with van der Waals surface area (Å²) in [6, 6.07) is 0. The molecule has 1 heterocycles. The van der Waals surface area contributed by atoms with Crippen LogP contribution in [0, 0.1) is 3.57 Å². The van der Waals surface area contributed by atoms with Crippen LogP contribution in [0.1, 0.15) is 5.82 Å². The lowest BCUT2D eigenvalue weighted by Gasteiger charge is -2.07. The molecule has 1 aromatic rings. The van der Waals surface area contributed by atoms with Gasteiger partial charge in [-0.3, -0.25) is 4.79 Å². The van der Waals surface area contributed by atoms with E-state index in [0.717, 1.165) is 0 Å². The lowest BCUT2D eigenvalue weighted by Crippen LogP contribution is -2.19. The maximum Gasteiger partial charge on any atom is 0.411 e. The molecule has 0 saturated heterocycles. The van der Waals surface area contributed by atoms with Gasteiger partial charge >= 0.3 is 6.18 Å². The van der Waals surface area contributed by atoms with Gasteiger partial charge in [0.15, 0.2) is 0 Å². The monoisotopic (exact) mass is 350 g/mol. The maximum atomic E-state index is 11.7. The topological polar surface area (TPSA) is 75.2 Å². The van der Waals surface area contributed by atoms with E-state index in [0.29, 0.717) is 0 Å². The number of hydrogen-bond donors (Lipinski definition) is 2. The van der Waals surface area contributed by atoms with E-state index in [1.165, 1.54) is 0 Å². The van der Waals surface area contributed by atoms with E-state index >= 15 is 0 Å². The van der Waals surface area contributed by atoms with Crippen molar-refractivity contribution in [3.8, 4) is 5.88 Å². The molecule has 0 fully saturated rings. The number of nitrogens with zero attached hydrogens (tertiary/aromatic N) is 1. The molecular weight excluding hydrogens is 344 g/mol. The molecule has 0 aromatic carbocycles. The molecule has 90 valence electrons. The fourth-order valence-corrected chi connectivity index (χ4v) is 1.08. The third-order valence-corrected chi connectivity index (χ3v) is 2.37. The number of rotatable bonds is 3. The third-order valence-electron chi connectivity index (χ3n) is 1.40. The summed E-state index contributed by atoms with van der Waals surface area (Å²) in [6.07, 6.45) is -4.44. The highest BCUT2D eigenvalue weighted by Gasteiger charge is 2.27. The van der Waals surface area contributed by atoms with E-state index < -0.39 is 30.8 Å². The zero-order valence-corrected chi connectivity index (χ0v) is 9.79. The van der Waals surface area contributed by atoms with Crippen LogP contribution in [0.2, 0.25) is 0 Å². The molecule has 0 bridgehead atoms. The van der Waals surface area contributed by atoms with Gasteiger partial charge in [0.1, 0.15) is 22.6 Å². The third kappa shape index (κ3) is 3.96. The van der Waals surface area contributed by atoms with Gasteiger partial charge in [-0.1, -0.05) is 0 Å². The van der Waals surface area contributed by atoms with Crippen LogP contribution in [0.15, 0.2) is 4.79 Å². The first-order valence-corrected chi connectivity index (χ1v) is 4.99. The average molecular weight is 350 g/mol. The molecule has 0 atom stereocenters. The minimum Gasteiger partial charge on any atom is -0.492 e. The van der Waals surface area contributed by atoms with Crippen molar-refractivity contribution in [3.63, 3.8) is 0 Å². The largest absolute Gasteiger partial charge is 0.492 e. The van der Waals surface area contributed by atoms with Gasteiger partial charge in [-0.25, -0.2) is 0 Å². The summed E-state index contributed by atoms with van der Waals surface area (Å²) in [5.74, 6) is -0.692. The molecular formula is C7H6F3IN2O3. The van der Waals surface area contributed by atoms with Crippen molar-refractivity contribution in [2.75, 3.05) is 6.61 Å². The zero-order chi connectivity index (χ0) is 12.3. The summed E-state index contributed by atoms with van der Waals surface area (Å²) < 4.78 is 39.4. The average Bonchev–Trinajstić information content (AvgIpc) is 2.12. The van der Waals surface area contributed by atoms with Gasteiger partial charge < -0.3 is 14.8 Å². The highest BCUT2D eigenvalue weighted by Crippen LogP contribution is 2.15. The molecule has 1 aromatic heterocycles. The zero-order valence-electron chi connectivity index (χ0n) is 7.64. The highest BCUT2D eigenvalue weighted by molar-refractivity contribution is 14.1. The molecule has 5 nitrogen and oxygen atoms in total. The first-order chi connectivity index (χ1) is 7.29. The summed E-state index contributed by atoms with van der Waals surface area (Å²) in [5.41, 5.74) is -0.626. The summed E-state index contributed by atoms with van der Waals surface area (Å²) >= 11 is 1.56. The van der Waals surface area contributed by atoms with Crippen molar-refractivity contribution in [1.82, 2.24) is 9.97 Å². The number of alkyl halides is 3. The Balaban J connectivity index is 2.66. The van der Waals surface area contributed by atoms with Gasteiger partial charge in [0.2, 0.25) is 5.88 Å². The van der Waals surface area contributed by atoms with E-state index in [9.17, 15) is 18.0 Å². The minimum atomic E-state index is -4.44. The van der Waals surface area contributed by atoms with Gasteiger partial charge in [0.25, 0.3) is 5.56 Å². The van der Waals surface area contributed by atoms with Gasteiger partial charge in [-0.05, 0) is 22.6 Å². The number of halogens is 4. The van der Waals surface area contributed by atoms with Crippen LogP contribution in [-0.4, -0.2) is 27.9 Å². The molecule has 9 heteroatoms. The number of aromatic hydroxyl groups is 1. The molecule has 0 unspecified atom stereocenters. The van der Waals surface area contributed by atoms with Crippen LogP contribution >= 0.6 is 22.6 Å². The predicted octanol–water partition coefficient (Wildman–Crippen LogP) is 1.16. The molecule has 0 aliphatic heterocycles. The van der Waals surface area contributed by atoms with E-state index in [4.69, 9.17) is 5.11 Å². The van der Waals surface area contributed by atoms with Crippen molar-refractivity contribution >= 4 is 22.6 Å². The lowest BCUT2D eigenvalue weighted by atomic mass is 10.5. The Labute approximate surface area is 101 Å². The van der Waals surface area contributed by atoms with E-state index in [2.05, 4.69) is 14.7 Å². The van der Waals surface area contributed by atoms with Crippen LogP contribution < -0.4 is 5.56 Å². The summed E-state index contributed by atoms with van der Waals surface area (Å²) in [6.45, 7) is -1.97. The maximum absolute atomic E-state index is 11.7. The molecule has 0 amide bonds. The summed E-state index contributed by atoms with van der Waals surface area (Å²) in [4.78, 5) is 16.7. The molecule has 0 aliphatic carbocycles. The second-order valence-electron chi connectivity index (χ2n) is 2.76. The molecule has 0 aliphatic rings. The van der Waals surface area contributed by atoms with E-state index in [1.54, 1.807) is 22.6 Å². The Morgan fingerprint density at radius 2 is 2.12 bits per heavy atom. The van der Waals surface area contributed by atoms with Crippen LogP contribution in [-0.2, 0) is 11.3 Å². The molecule has 0 spiro atoms. The van der Waals surface area contributed by atoms with Crippen molar-refractivity contribution < 1.29 is 23.0 Å². The summed E-state index contributed by atoms with van der Waals surface area (Å²) in [7, 11) is 0. The van der Waals surface area contributed by atoms with Crippen molar-refractivity contribution in [1.29, 1.82) is 0 Å². The lowest BCUT2D eigenvalue weighted by molar-refractivity contribution is -0.177. The Bertz CT molecular complexity index is 432. The number of hydrogen-bond acceptors (Lipinski definition) is 4. The first-order valence-electron chi connectivity index (χ1n) is 3.92. The second-order valence-corrected chi connectivity index (χ2v) is 3.84. The van der Waals surface area contributed by atoms with Crippen molar-refractivity contribution in [2.45, 2.75) is 12.8 Å². The Hall–Kier alpha value is -0.840. The number of H-pyrrole nitrogens is 1. The standard InChI is InChI=1S/C7H6F3IN2O3/c8-7(9,10)2-16-1-3-12-5(14)4(11)6(15)13-3/h1-2H2,(H2,12,13,14,15). The predicted molar refractivity (Wildman–Crippen MR) is 55.0 cm³/mol.